The zero-order valence-electron chi connectivity index (χ0n) is 13.5. The molecule has 128 valence electrons. The second-order valence-corrected chi connectivity index (χ2v) is 6.60. The molecule has 0 N–H and O–H groups in total. The standard InChI is InChI=1S/C19H14Cl2O4/c1-10(2)19(23)24-12-6-7-13-15(9-12)25-16(18(13)22)8-11-4-3-5-14(20)17(11)21/h3-10H,1-2H3/b16-8-. The van der Waals surface area contributed by atoms with Gasteiger partial charge in [-0.3, -0.25) is 9.59 Å². The van der Waals surface area contributed by atoms with Crippen LogP contribution in [0.25, 0.3) is 6.08 Å². The van der Waals surface area contributed by atoms with E-state index in [1.165, 1.54) is 12.1 Å². The van der Waals surface area contributed by atoms with Crippen molar-refractivity contribution in [3.05, 3.63) is 63.3 Å². The van der Waals surface area contributed by atoms with Crippen LogP contribution in [0.1, 0.15) is 29.8 Å². The van der Waals surface area contributed by atoms with Gasteiger partial charge < -0.3 is 9.47 Å². The van der Waals surface area contributed by atoms with Gasteiger partial charge >= 0.3 is 5.97 Å². The van der Waals surface area contributed by atoms with E-state index in [2.05, 4.69) is 0 Å². The number of allylic oxidation sites excluding steroid dienone is 1. The van der Waals surface area contributed by atoms with Gasteiger partial charge in [0.05, 0.1) is 21.5 Å². The van der Waals surface area contributed by atoms with Gasteiger partial charge in [0.25, 0.3) is 0 Å². The van der Waals surface area contributed by atoms with E-state index >= 15 is 0 Å². The number of hydrogen-bond acceptors (Lipinski definition) is 4. The Hall–Kier alpha value is -2.30. The molecule has 0 saturated carbocycles. The molecule has 0 fully saturated rings. The molecule has 3 rings (SSSR count). The lowest BCUT2D eigenvalue weighted by atomic mass is 10.1. The van der Waals surface area contributed by atoms with E-state index < -0.39 is 0 Å². The molecule has 0 unspecified atom stereocenters. The summed E-state index contributed by atoms with van der Waals surface area (Å²) in [6, 6.07) is 9.78. The summed E-state index contributed by atoms with van der Waals surface area (Å²) in [4.78, 5) is 24.1. The third-order valence-corrected chi connectivity index (χ3v) is 4.43. The van der Waals surface area contributed by atoms with E-state index in [1.807, 2.05) is 0 Å². The molecule has 0 atom stereocenters. The maximum Gasteiger partial charge on any atom is 0.313 e. The molecule has 0 aliphatic carbocycles. The largest absolute Gasteiger partial charge is 0.452 e. The highest BCUT2D eigenvalue weighted by molar-refractivity contribution is 6.43. The van der Waals surface area contributed by atoms with Crippen molar-refractivity contribution in [3.63, 3.8) is 0 Å². The molecule has 1 aliphatic heterocycles. The molecule has 0 amide bonds. The fourth-order valence-electron chi connectivity index (χ4n) is 2.24. The minimum atomic E-state index is -0.356. The summed E-state index contributed by atoms with van der Waals surface area (Å²) in [6.45, 7) is 3.48. The van der Waals surface area contributed by atoms with Crippen molar-refractivity contribution in [1.82, 2.24) is 0 Å². The highest BCUT2D eigenvalue weighted by atomic mass is 35.5. The number of hydrogen-bond donors (Lipinski definition) is 0. The molecule has 0 bridgehead atoms. The van der Waals surface area contributed by atoms with Crippen molar-refractivity contribution in [3.8, 4) is 11.5 Å². The molecular weight excluding hydrogens is 363 g/mol. The fourth-order valence-corrected chi connectivity index (χ4v) is 2.60. The summed E-state index contributed by atoms with van der Waals surface area (Å²) in [6.07, 6.45) is 1.54. The number of benzene rings is 2. The molecule has 1 heterocycles. The van der Waals surface area contributed by atoms with Crippen LogP contribution in [0.15, 0.2) is 42.2 Å². The molecule has 6 heteroatoms. The van der Waals surface area contributed by atoms with Gasteiger partial charge in [-0.2, -0.15) is 0 Å². The van der Waals surface area contributed by atoms with Crippen LogP contribution >= 0.6 is 23.2 Å². The molecule has 0 spiro atoms. The van der Waals surface area contributed by atoms with Crippen LogP contribution in [0.4, 0.5) is 0 Å². The van der Waals surface area contributed by atoms with E-state index in [1.54, 1.807) is 44.2 Å². The average molecular weight is 377 g/mol. The van der Waals surface area contributed by atoms with Gasteiger partial charge in [-0.1, -0.05) is 49.2 Å². The van der Waals surface area contributed by atoms with E-state index in [9.17, 15) is 9.59 Å². The Labute approximate surface area is 155 Å². The first-order chi connectivity index (χ1) is 11.9. The Bertz CT molecular complexity index is 900. The predicted molar refractivity (Wildman–Crippen MR) is 96.3 cm³/mol. The smallest absolute Gasteiger partial charge is 0.313 e. The lowest BCUT2D eigenvalue weighted by molar-refractivity contribution is -0.137. The molecule has 0 aromatic heterocycles. The summed E-state index contributed by atoms with van der Waals surface area (Å²) in [5.41, 5.74) is 0.977. The second kappa shape index (κ2) is 6.90. The SMILES string of the molecule is CC(C)C(=O)Oc1ccc2c(c1)O/C(=C\c1cccc(Cl)c1Cl)C2=O. The summed E-state index contributed by atoms with van der Waals surface area (Å²) in [5.74, 6) is -0.0861. The van der Waals surface area contributed by atoms with E-state index in [4.69, 9.17) is 32.7 Å². The summed E-state index contributed by atoms with van der Waals surface area (Å²) in [5, 5.41) is 0.734. The van der Waals surface area contributed by atoms with Gasteiger partial charge in [-0.15, -0.1) is 0 Å². The van der Waals surface area contributed by atoms with Crippen LogP contribution in [0.3, 0.4) is 0 Å². The first kappa shape index (κ1) is 17.5. The van der Waals surface area contributed by atoms with Gasteiger partial charge in [-0.25, -0.2) is 0 Å². The normalized spacial score (nSPS) is 14.6. The number of carbonyl (C=O) groups excluding carboxylic acids is 2. The lowest BCUT2D eigenvalue weighted by Gasteiger charge is -2.07. The van der Waals surface area contributed by atoms with Crippen LogP contribution in [0, 0.1) is 5.92 Å². The number of ketones is 1. The Morgan fingerprint density at radius 3 is 2.68 bits per heavy atom. The summed E-state index contributed by atoms with van der Waals surface area (Å²) >= 11 is 12.1. The molecular formula is C19H14Cl2O4. The fraction of sp³-hybridized carbons (Fsp3) is 0.158. The first-order valence-electron chi connectivity index (χ1n) is 7.61. The molecule has 0 saturated heterocycles. The zero-order chi connectivity index (χ0) is 18.1. The first-order valence-corrected chi connectivity index (χ1v) is 8.36. The minimum Gasteiger partial charge on any atom is -0.452 e. The molecule has 1 aliphatic rings. The van der Waals surface area contributed by atoms with Crippen LogP contribution in [0.2, 0.25) is 10.0 Å². The maximum absolute atomic E-state index is 12.5. The van der Waals surface area contributed by atoms with Crippen molar-refractivity contribution in [2.24, 2.45) is 5.92 Å². The quantitative estimate of drug-likeness (QED) is 0.421. The van der Waals surface area contributed by atoms with Crippen molar-refractivity contribution >= 4 is 41.0 Å². The van der Waals surface area contributed by atoms with Crippen LogP contribution in [-0.4, -0.2) is 11.8 Å². The van der Waals surface area contributed by atoms with Gasteiger partial charge in [0.2, 0.25) is 5.78 Å². The zero-order valence-corrected chi connectivity index (χ0v) is 15.0. The summed E-state index contributed by atoms with van der Waals surface area (Å²) < 4.78 is 10.9. The minimum absolute atomic E-state index is 0.131. The van der Waals surface area contributed by atoms with E-state index in [0.29, 0.717) is 32.7 Å². The van der Waals surface area contributed by atoms with Crippen molar-refractivity contribution in [2.45, 2.75) is 13.8 Å². The molecule has 25 heavy (non-hydrogen) atoms. The molecule has 2 aromatic carbocycles. The predicted octanol–water partition coefficient (Wildman–Crippen LogP) is 5.17. The topological polar surface area (TPSA) is 52.6 Å². The highest BCUT2D eigenvalue weighted by Crippen LogP contribution is 2.36. The Kier molecular flexibility index (Phi) is 4.84. The van der Waals surface area contributed by atoms with Gasteiger partial charge in [0, 0.05) is 6.07 Å². The maximum atomic E-state index is 12.5. The highest BCUT2D eigenvalue weighted by Gasteiger charge is 2.28. The Morgan fingerprint density at radius 2 is 1.96 bits per heavy atom. The van der Waals surface area contributed by atoms with E-state index in [0.717, 1.165) is 0 Å². The van der Waals surface area contributed by atoms with Gasteiger partial charge in [0.1, 0.15) is 11.5 Å². The van der Waals surface area contributed by atoms with Crippen molar-refractivity contribution < 1.29 is 19.1 Å². The van der Waals surface area contributed by atoms with Gasteiger partial charge in [-0.05, 0) is 29.8 Å². The Morgan fingerprint density at radius 1 is 1.20 bits per heavy atom. The number of Topliss-reactive ketones (excluding diaryl/α,β-unsaturated/α-hetero) is 1. The number of rotatable bonds is 3. The molecule has 4 nitrogen and oxygen atoms in total. The van der Waals surface area contributed by atoms with E-state index in [-0.39, 0.29) is 23.4 Å². The monoisotopic (exact) mass is 376 g/mol. The molecule has 0 radical (unpaired) electrons. The lowest BCUT2D eigenvalue weighted by Crippen LogP contribution is -2.14. The number of esters is 1. The number of ether oxygens (including phenoxy) is 2. The summed E-state index contributed by atoms with van der Waals surface area (Å²) in [7, 11) is 0. The average Bonchev–Trinajstić information content (AvgIpc) is 2.87. The van der Waals surface area contributed by atoms with Crippen LogP contribution < -0.4 is 9.47 Å². The van der Waals surface area contributed by atoms with Gasteiger partial charge in [0.15, 0.2) is 5.76 Å². The number of halogens is 2. The number of carbonyl (C=O) groups is 2. The third kappa shape index (κ3) is 3.55. The van der Waals surface area contributed by atoms with Crippen LogP contribution in [0.5, 0.6) is 11.5 Å². The van der Waals surface area contributed by atoms with Crippen LogP contribution in [-0.2, 0) is 4.79 Å². The van der Waals surface area contributed by atoms with Crippen molar-refractivity contribution in [1.29, 1.82) is 0 Å². The third-order valence-electron chi connectivity index (χ3n) is 3.60. The second-order valence-electron chi connectivity index (χ2n) is 5.82. The molecule has 2 aromatic rings. The van der Waals surface area contributed by atoms with Crippen molar-refractivity contribution in [2.75, 3.05) is 0 Å². The Balaban J connectivity index is 1.89. The number of fused-ring (bicyclic) bond motifs is 1.